The van der Waals surface area contributed by atoms with Gasteiger partial charge in [0.25, 0.3) is 0 Å². The second kappa shape index (κ2) is 20.1. The topological polar surface area (TPSA) is 155 Å². The van der Waals surface area contributed by atoms with Gasteiger partial charge in [0.15, 0.2) is 21.4 Å². The number of aromatic amines is 1. The molecule has 1 aliphatic heterocycles. The molecule has 62 heavy (non-hydrogen) atoms. The Hall–Kier alpha value is -4.83. The lowest BCUT2D eigenvalue weighted by atomic mass is 9.99. The van der Waals surface area contributed by atoms with E-state index in [1.165, 1.54) is 17.0 Å². The number of nitrogens with zero attached hydrogens (tertiary/aromatic N) is 4. The molecule has 0 aliphatic carbocycles. The van der Waals surface area contributed by atoms with Crippen LogP contribution in [0.1, 0.15) is 98.4 Å². The van der Waals surface area contributed by atoms with Crippen LogP contribution in [-0.2, 0) is 34.6 Å². The SMILES string of the molecule is Cc1sc2c(c1C)C(c1ccc(Cl)cc1)=N[C@@H](CC(=O)CCCOCCOCCOCCCC(=O)c1ccc(S(=O)(=O)Cc3ccc(C)c4c(C)c[nH]c34)cc1)c1nnc(C)n1-2. The van der Waals surface area contributed by atoms with Crippen LogP contribution >= 0.6 is 22.9 Å². The molecule has 3 aromatic heterocycles. The van der Waals surface area contributed by atoms with Crippen molar-refractivity contribution in [2.45, 2.75) is 83.4 Å². The number of nitrogens with one attached hydrogen (secondary N) is 1. The third-order valence-corrected chi connectivity index (χ3v) is 14.3. The zero-order valence-electron chi connectivity index (χ0n) is 35.8. The van der Waals surface area contributed by atoms with Gasteiger partial charge in [-0.05, 0) is 94.0 Å². The van der Waals surface area contributed by atoms with Gasteiger partial charge in [-0.15, -0.1) is 21.5 Å². The standard InChI is InChI=1S/C47H52ClN5O7S2/c1-29-10-11-36(44-42(29)30(2)27-49-44)28-62(56,57)39-18-14-34(15-19-39)41(55)9-7-21-59-23-25-60-24-22-58-20-6-8-38(54)26-40-46-52-51-33(5)53(46)47-43(31(3)32(4)61-47)45(50-40)35-12-16-37(48)17-13-35/h10-19,27,40,49H,6-9,20-26,28H2,1-5H3/t40-/m0/s1. The highest BCUT2D eigenvalue weighted by molar-refractivity contribution is 7.90. The Balaban J connectivity index is 0.770. The van der Waals surface area contributed by atoms with Gasteiger partial charge in [0.05, 0.1) is 48.3 Å². The van der Waals surface area contributed by atoms with Crippen LogP contribution in [0.2, 0.25) is 5.02 Å². The number of carbonyl (C=O) groups is 2. The lowest BCUT2D eigenvalue weighted by molar-refractivity contribution is -0.119. The summed E-state index contributed by atoms with van der Waals surface area (Å²) in [6, 6.07) is 17.1. The van der Waals surface area contributed by atoms with Crippen LogP contribution in [0.3, 0.4) is 0 Å². The van der Waals surface area contributed by atoms with Crippen LogP contribution in [0.5, 0.6) is 0 Å². The number of ketones is 2. The first-order valence-electron chi connectivity index (χ1n) is 20.9. The van der Waals surface area contributed by atoms with E-state index in [1.54, 1.807) is 23.5 Å². The molecule has 0 unspecified atom stereocenters. The summed E-state index contributed by atoms with van der Waals surface area (Å²) in [5.74, 6) is 1.28. The number of thiophene rings is 1. The maximum atomic E-state index is 13.3. The van der Waals surface area contributed by atoms with Gasteiger partial charge in [-0.25, -0.2) is 8.42 Å². The van der Waals surface area contributed by atoms with E-state index in [0.29, 0.717) is 80.9 Å². The number of aryl methyl sites for hydroxylation is 4. The lowest BCUT2D eigenvalue weighted by Gasteiger charge is -2.12. The number of hydrogen-bond donors (Lipinski definition) is 1. The summed E-state index contributed by atoms with van der Waals surface area (Å²) >= 11 is 7.90. The number of benzene rings is 3. The minimum Gasteiger partial charge on any atom is -0.379 e. The summed E-state index contributed by atoms with van der Waals surface area (Å²) in [7, 11) is -3.62. The van der Waals surface area contributed by atoms with Crippen molar-refractivity contribution in [2.24, 2.45) is 4.99 Å². The highest BCUT2D eigenvalue weighted by atomic mass is 35.5. The number of Topliss-reactive ketones (excluding diaryl/α,β-unsaturated/α-hetero) is 2. The fourth-order valence-corrected chi connectivity index (χ4v) is 10.5. The zero-order chi connectivity index (χ0) is 44.0. The van der Waals surface area contributed by atoms with Gasteiger partial charge >= 0.3 is 0 Å². The average Bonchev–Trinajstić information content (AvgIpc) is 3.90. The van der Waals surface area contributed by atoms with Crippen LogP contribution < -0.4 is 0 Å². The van der Waals surface area contributed by atoms with E-state index in [2.05, 4.69) is 29.0 Å². The van der Waals surface area contributed by atoms with E-state index < -0.39 is 15.9 Å². The lowest BCUT2D eigenvalue weighted by Crippen LogP contribution is -2.13. The largest absolute Gasteiger partial charge is 0.379 e. The molecule has 7 rings (SSSR count). The number of hydrogen-bond acceptors (Lipinski definition) is 11. The number of sulfone groups is 1. The van der Waals surface area contributed by atoms with Crippen molar-refractivity contribution in [1.82, 2.24) is 19.7 Å². The number of rotatable bonds is 21. The Kier molecular flexibility index (Phi) is 14.7. The molecule has 12 nitrogen and oxygen atoms in total. The van der Waals surface area contributed by atoms with Crippen molar-refractivity contribution in [3.05, 3.63) is 127 Å². The van der Waals surface area contributed by atoms with Crippen LogP contribution in [0.25, 0.3) is 15.9 Å². The molecule has 1 atom stereocenters. The van der Waals surface area contributed by atoms with Gasteiger partial charge < -0.3 is 19.2 Å². The Bertz CT molecular complexity index is 2700. The Morgan fingerprint density at radius 1 is 0.806 bits per heavy atom. The third kappa shape index (κ3) is 10.3. The van der Waals surface area contributed by atoms with Gasteiger partial charge in [-0.2, -0.15) is 0 Å². The molecule has 0 fully saturated rings. The normalized spacial score (nSPS) is 13.8. The van der Waals surface area contributed by atoms with E-state index in [4.69, 9.17) is 30.8 Å². The molecule has 15 heteroatoms. The Morgan fingerprint density at radius 3 is 2.16 bits per heavy atom. The van der Waals surface area contributed by atoms with E-state index in [0.717, 1.165) is 55.3 Å². The van der Waals surface area contributed by atoms with Gasteiger partial charge in [-0.1, -0.05) is 48.0 Å². The molecule has 6 aromatic rings. The highest BCUT2D eigenvalue weighted by Gasteiger charge is 2.32. The summed E-state index contributed by atoms with van der Waals surface area (Å²) in [4.78, 5) is 35.9. The fraction of sp³-hybridized carbons (Fsp3) is 0.383. The van der Waals surface area contributed by atoms with Gasteiger partial charge in [0.1, 0.15) is 22.7 Å². The van der Waals surface area contributed by atoms with E-state index in [1.807, 2.05) is 67.9 Å². The minimum absolute atomic E-state index is 0.0715. The summed E-state index contributed by atoms with van der Waals surface area (Å²) in [6.07, 6.45) is 3.84. The first-order valence-corrected chi connectivity index (χ1v) is 23.7. The highest BCUT2D eigenvalue weighted by Crippen LogP contribution is 2.40. The molecule has 1 N–H and O–H groups in total. The molecular formula is C47H52ClN5O7S2. The number of aliphatic imine (C=N–C) groups is 1. The van der Waals surface area contributed by atoms with Gasteiger partial charge in [0.2, 0.25) is 0 Å². The summed E-state index contributed by atoms with van der Waals surface area (Å²) in [5.41, 5.74) is 8.12. The third-order valence-electron chi connectivity index (χ3n) is 11.2. The van der Waals surface area contributed by atoms with Crippen LogP contribution in [0, 0.1) is 34.6 Å². The van der Waals surface area contributed by atoms with E-state index in [-0.39, 0.29) is 35.1 Å². The minimum atomic E-state index is -3.62. The maximum Gasteiger partial charge on any atom is 0.182 e. The molecule has 0 bridgehead atoms. The van der Waals surface area contributed by atoms with Crippen LogP contribution in [-0.4, -0.2) is 85.1 Å². The first-order chi connectivity index (χ1) is 29.8. The maximum absolute atomic E-state index is 13.3. The molecule has 0 radical (unpaired) electrons. The molecule has 4 heterocycles. The van der Waals surface area contributed by atoms with Gasteiger partial charge in [0, 0.05) is 70.6 Å². The molecule has 3 aromatic carbocycles. The van der Waals surface area contributed by atoms with E-state index in [9.17, 15) is 18.0 Å². The quantitative estimate of drug-likeness (QED) is 0.0550. The summed E-state index contributed by atoms with van der Waals surface area (Å²) < 4.78 is 45.6. The summed E-state index contributed by atoms with van der Waals surface area (Å²) in [6.45, 7) is 12.5. The van der Waals surface area contributed by atoms with Crippen molar-refractivity contribution in [3.8, 4) is 5.00 Å². The van der Waals surface area contributed by atoms with Gasteiger partial charge in [-0.3, -0.25) is 19.1 Å². The number of aromatic nitrogens is 4. The van der Waals surface area contributed by atoms with Crippen molar-refractivity contribution >= 4 is 61.0 Å². The smallest absolute Gasteiger partial charge is 0.182 e. The molecule has 0 spiro atoms. The molecule has 0 amide bonds. The molecule has 1 aliphatic rings. The number of H-pyrrole nitrogens is 1. The zero-order valence-corrected chi connectivity index (χ0v) is 38.1. The second-order valence-electron chi connectivity index (χ2n) is 15.7. The fourth-order valence-electron chi connectivity index (χ4n) is 7.77. The van der Waals surface area contributed by atoms with Crippen molar-refractivity contribution in [2.75, 3.05) is 39.6 Å². The molecule has 0 saturated heterocycles. The van der Waals surface area contributed by atoms with Crippen molar-refractivity contribution in [1.29, 1.82) is 0 Å². The average molecular weight is 899 g/mol. The summed E-state index contributed by atoms with van der Waals surface area (Å²) in [5, 5.41) is 11.6. The number of ether oxygens (including phenoxy) is 3. The van der Waals surface area contributed by atoms with E-state index >= 15 is 0 Å². The number of carbonyl (C=O) groups excluding carboxylic acids is 2. The van der Waals surface area contributed by atoms with Crippen molar-refractivity contribution in [3.63, 3.8) is 0 Å². The van der Waals surface area contributed by atoms with Crippen LogP contribution in [0.4, 0.5) is 0 Å². The Labute approximate surface area is 371 Å². The first kappa shape index (κ1) is 45.2. The molecular weight excluding hydrogens is 846 g/mol. The monoisotopic (exact) mass is 897 g/mol. The number of fused-ring (bicyclic) bond motifs is 4. The number of halogens is 1. The predicted octanol–water partition coefficient (Wildman–Crippen LogP) is 9.32. The Morgan fingerprint density at radius 2 is 1.47 bits per heavy atom. The molecule has 326 valence electrons. The van der Waals surface area contributed by atoms with Crippen molar-refractivity contribution < 1.29 is 32.2 Å². The van der Waals surface area contributed by atoms with Crippen LogP contribution in [0.15, 0.2) is 76.7 Å². The predicted molar refractivity (Wildman–Crippen MR) is 243 cm³/mol. The second-order valence-corrected chi connectivity index (χ2v) is 19.3. The molecule has 0 saturated carbocycles.